The molecule has 0 bridgehead atoms. The molecule has 0 heterocycles. The van der Waals surface area contributed by atoms with Crippen LogP contribution in [0.3, 0.4) is 0 Å². The van der Waals surface area contributed by atoms with Crippen LogP contribution in [-0.4, -0.2) is 49.6 Å². The monoisotopic (exact) mass is 583 g/mol. The summed E-state index contributed by atoms with van der Waals surface area (Å²) in [4.78, 5) is 40.2. The molecule has 0 unspecified atom stereocenters. The van der Waals surface area contributed by atoms with Crippen LogP contribution in [0.15, 0.2) is 11.6 Å². The minimum absolute atomic E-state index is 0.00765. The van der Waals surface area contributed by atoms with E-state index in [0.717, 1.165) is 51.4 Å². The lowest BCUT2D eigenvalue weighted by Crippen LogP contribution is -2.66. The van der Waals surface area contributed by atoms with Gasteiger partial charge in [-0.25, -0.2) is 0 Å². The van der Waals surface area contributed by atoms with Gasteiger partial charge in [-0.1, -0.05) is 60.1 Å². The van der Waals surface area contributed by atoms with E-state index in [2.05, 4.69) is 54.5 Å². The predicted octanol–water partition coefficient (Wildman–Crippen LogP) is 7.21. The van der Waals surface area contributed by atoms with Crippen LogP contribution in [0.25, 0.3) is 0 Å². The summed E-state index contributed by atoms with van der Waals surface area (Å²) in [5.74, 6) is 1.83. The standard InChI is InChI=1S/C36H57NO5/c1-22-13-18-36(31(40)37(9)21-29(39)41-10)20-19-34(7)25(30(36)23(22)2)11-12-27-33(6)16-15-28(42-24(3)38)32(4,5)26(33)14-17-35(27,34)8/h11,22-23,26-28,30H,12-21H2,1-10H3/t22-,23+,26+,27-,28+,30+,33+,34-,35-,36+/m1/s1. The second-order valence-corrected chi connectivity index (χ2v) is 16.5. The summed E-state index contributed by atoms with van der Waals surface area (Å²) in [5, 5.41) is 0. The van der Waals surface area contributed by atoms with Crippen molar-refractivity contribution in [1.82, 2.24) is 4.90 Å². The number of hydrogen-bond acceptors (Lipinski definition) is 5. The Labute approximate surface area is 254 Å². The fourth-order valence-electron chi connectivity index (χ4n) is 12.0. The van der Waals surface area contributed by atoms with Crippen molar-refractivity contribution in [2.24, 2.45) is 56.7 Å². The average Bonchev–Trinajstić information content (AvgIpc) is 2.92. The first-order valence-electron chi connectivity index (χ1n) is 16.7. The highest BCUT2D eigenvalue weighted by atomic mass is 16.5. The SMILES string of the molecule is COC(=O)CN(C)C(=O)[C@]12CC[C@@H](C)[C@H](C)[C@H]1C1=CC[C@@H]3[C@@]4(C)CC[C@H](OC(C)=O)C(C)(C)[C@@H]4CC[C@@]3(C)[C@]1(C)CC2. The van der Waals surface area contributed by atoms with Gasteiger partial charge in [-0.3, -0.25) is 14.4 Å². The molecule has 236 valence electrons. The molecule has 0 saturated heterocycles. The minimum Gasteiger partial charge on any atom is -0.468 e. The van der Waals surface area contributed by atoms with E-state index in [1.165, 1.54) is 13.5 Å². The third-order valence-corrected chi connectivity index (χ3v) is 14.6. The van der Waals surface area contributed by atoms with Crippen molar-refractivity contribution >= 4 is 17.8 Å². The molecule has 10 atom stereocenters. The Balaban J connectivity index is 1.54. The van der Waals surface area contributed by atoms with Crippen molar-refractivity contribution in [2.45, 2.75) is 119 Å². The number of methoxy groups -OCH3 is 1. The molecule has 0 radical (unpaired) electrons. The van der Waals surface area contributed by atoms with Gasteiger partial charge in [0.1, 0.15) is 12.6 Å². The summed E-state index contributed by atoms with van der Waals surface area (Å²) in [6.07, 6.45) is 11.8. The Morgan fingerprint density at radius 3 is 2.26 bits per heavy atom. The van der Waals surface area contributed by atoms with Crippen LogP contribution in [0.2, 0.25) is 0 Å². The zero-order valence-electron chi connectivity index (χ0n) is 28.1. The summed E-state index contributed by atoms with van der Waals surface area (Å²) in [6.45, 7) is 18.7. The van der Waals surface area contributed by atoms with Crippen LogP contribution >= 0.6 is 0 Å². The number of likely N-dealkylation sites (N-methyl/N-ethyl adjacent to an activating group) is 1. The summed E-state index contributed by atoms with van der Waals surface area (Å²) in [5.41, 5.74) is 1.38. The molecule has 0 aromatic carbocycles. The summed E-state index contributed by atoms with van der Waals surface area (Å²) in [6, 6.07) is 0. The van der Waals surface area contributed by atoms with Gasteiger partial charge >= 0.3 is 11.9 Å². The lowest BCUT2D eigenvalue weighted by Gasteiger charge is -2.71. The molecule has 4 saturated carbocycles. The minimum atomic E-state index is -0.450. The van der Waals surface area contributed by atoms with Gasteiger partial charge in [-0.05, 0) is 104 Å². The predicted molar refractivity (Wildman–Crippen MR) is 164 cm³/mol. The number of esters is 2. The first-order valence-corrected chi connectivity index (χ1v) is 16.7. The van der Waals surface area contributed by atoms with Crippen LogP contribution in [0.5, 0.6) is 0 Å². The lowest BCUT2D eigenvalue weighted by molar-refractivity contribution is -0.213. The van der Waals surface area contributed by atoms with Crippen molar-refractivity contribution in [3.8, 4) is 0 Å². The number of rotatable bonds is 4. The largest absolute Gasteiger partial charge is 0.468 e. The van der Waals surface area contributed by atoms with Gasteiger partial charge in [-0.15, -0.1) is 0 Å². The van der Waals surface area contributed by atoms with Crippen LogP contribution in [0, 0.1) is 56.7 Å². The maximum absolute atomic E-state index is 14.4. The molecule has 0 aliphatic heterocycles. The van der Waals surface area contributed by atoms with Crippen molar-refractivity contribution in [2.75, 3.05) is 20.7 Å². The third-order valence-electron chi connectivity index (χ3n) is 14.6. The number of allylic oxidation sites excluding steroid dienone is 2. The van der Waals surface area contributed by atoms with Gasteiger partial charge in [-0.2, -0.15) is 0 Å². The van der Waals surface area contributed by atoms with E-state index in [1.807, 2.05) is 0 Å². The number of ether oxygens (including phenoxy) is 2. The zero-order chi connectivity index (χ0) is 31.0. The summed E-state index contributed by atoms with van der Waals surface area (Å²) < 4.78 is 10.8. The second-order valence-electron chi connectivity index (χ2n) is 16.5. The van der Waals surface area contributed by atoms with Crippen LogP contribution in [-0.2, 0) is 23.9 Å². The van der Waals surface area contributed by atoms with Gasteiger partial charge in [0, 0.05) is 19.4 Å². The third kappa shape index (κ3) is 4.26. The van der Waals surface area contributed by atoms with Crippen LogP contribution in [0.4, 0.5) is 0 Å². The van der Waals surface area contributed by atoms with E-state index in [-0.39, 0.29) is 58.1 Å². The second kappa shape index (κ2) is 10.4. The van der Waals surface area contributed by atoms with Gasteiger partial charge in [0.25, 0.3) is 0 Å². The molecule has 5 aliphatic carbocycles. The van der Waals surface area contributed by atoms with Gasteiger partial charge < -0.3 is 14.4 Å². The molecule has 0 spiro atoms. The Kier molecular flexibility index (Phi) is 7.79. The van der Waals surface area contributed by atoms with E-state index < -0.39 is 5.41 Å². The number of nitrogens with zero attached hydrogens (tertiary/aromatic N) is 1. The fraction of sp³-hybridized carbons (Fsp3) is 0.861. The number of hydrogen-bond donors (Lipinski definition) is 0. The highest BCUT2D eigenvalue weighted by Crippen LogP contribution is 2.76. The molecular formula is C36H57NO5. The first-order chi connectivity index (χ1) is 19.5. The molecule has 1 amide bonds. The number of carbonyl (C=O) groups is 3. The maximum atomic E-state index is 14.4. The Hall–Kier alpha value is -1.85. The molecule has 5 aliphatic rings. The van der Waals surface area contributed by atoms with Crippen molar-refractivity contribution in [3.63, 3.8) is 0 Å². The zero-order valence-corrected chi connectivity index (χ0v) is 28.1. The van der Waals surface area contributed by atoms with E-state index >= 15 is 0 Å². The fourth-order valence-corrected chi connectivity index (χ4v) is 12.0. The topological polar surface area (TPSA) is 72.9 Å². The Morgan fingerprint density at radius 2 is 1.62 bits per heavy atom. The molecule has 6 nitrogen and oxygen atoms in total. The Bertz CT molecular complexity index is 1160. The highest BCUT2D eigenvalue weighted by Gasteiger charge is 2.69. The van der Waals surface area contributed by atoms with Crippen LogP contribution < -0.4 is 0 Å². The first kappa shape index (κ1) is 31.6. The van der Waals surface area contributed by atoms with Gasteiger partial charge in [0.2, 0.25) is 5.91 Å². The molecule has 4 fully saturated rings. The van der Waals surface area contributed by atoms with Crippen molar-refractivity contribution in [3.05, 3.63) is 11.6 Å². The highest BCUT2D eigenvalue weighted by molar-refractivity contribution is 5.87. The van der Waals surface area contributed by atoms with Gasteiger partial charge in [0.15, 0.2) is 0 Å². The van der Waals surface area contributed by atoms with E-state index in [0.29, 0.717) is 23.7 Å². The molecule has 0 aromatic heterocycles. The molecule has 6 heteroatoms. The summed E-state index contributed by atoms with van der Waals surface area (Å²) in [7, 11) is 3.17. The van der Waals surface area contributed by atoms with E-state index in [4.69, 9.17) is 9.47 Å². The quantitative estimate of drug-likeness (QED) is 0.258. The van der Waals surface area contributed by atoms with Crippen molar-refractivity contribution < 1.29 is 23.9 Å². The van der Waals surface area contributed by atoms with Crippen molar-refractivity contribution in [1.29, 1.82) is 0 Å². The molecular weight excluding hydrogens is 526 g/mol. The maximum Gasteiger partial charge on any atom is 0.325 e. The van der Waals surface area contributed by atoms with Gasteiger partial charge in [0.05, 0.1) is 12.5 Å². The lowest BCUT2D eigenvalue weighted by atomic mass is 9.33. The Morgan fingerprint density at radius 1 is 0.929 bits per heavy atom. The van der Waals surface area contributed by atoms with Crippen LogP contribution in [0.1, 0.15) is 113 Å². The smallest absolute Gasteiger partial charge is 0.325 e. The average molecular weight is 584 g/mol. The number of amides is 1. The molecule has 42 heavy (non-hydrogen) atoms. The molecule has 0 aromatic rings. The van der Waals surface area contributed by atoms with E-state index in [9.17, 15) is 14.4 Å². The molecule has 0 N–H and O–H groups in total. The normalized spacial score (nSPS) is 45.6. The summed E-state index contributed by atoms with van der Waals surface area (Å²) >= 11 is 0. The number of fused-ring (bicyclic) bond motifs is 7. The molecule has 5 rings (SSSR count). The van der Waals surface area contributed by atoms with E-state index in [1.54, 1.807) is 24.4 Å². The number of carbonyl (C=O) groups excluding carboxylic acids is 3.